The fourth-order valence-electron chi connectivity index (χ4n) is 1.87. The number of hydrogen-bond donors (Lipinski definition) is 1. The zero-order valence-electron chi connectivity index (χ0n) is 9.90. The molecule has 1 aromatic rings. The normalized spacial score (nSPS) is 12.1. The summed E-state index contributed by atoms with van der Waals surface area (Å²) in [4.78, 5) is 2.90. The molecule has 0 spiro atoms. The molecule has 1 N–H and O–H groups in total. The van der Waals surface area contributed by atoms with Crippen LogP contribution in [0.3, 0.4) is 0 Å². The molecular weight excluding hydrogens is 190 g/mol. The van der Waals surface area contributed by atoms with Crippen LogP contribution in [0.4, 0.5) is 0 Å². The van der Waals surface area contributed by atoms with Gasteiger partial charge in [-0.05, 0) is 50.9 Å². The molecule has 14 heavy (non-hydrogen) atoms. The zero-order valence-corrected chi connectivity index (χ0v) is 10.7. The second-order valence-corrected chi connectivity index (χ2v) is 6.02. The van der Waals surface area contributed by atoms with Crippen molar-refractivity contribution in [1.82, 2.24) is 5.32 Å². The summed E-state index contributed by atoms with van der Waals surface area (Å²) in [6, 6.07) is 2.34. The lowest BCUT2D eigenvalue weighted by Gasteiger charge is -2.24. The van der Waals surface area contributed by atoms with Crippen LogP contribution in [0.5, 0.6) is 0 Å². The van der Waals surface area contributed by atoms with E-state index in [9.17, 15) is 0 Å². The van der Waals surface area contributed by atoms with Gasteiger partial charge in [0.2, 0.25) is 0 Å². The molecule has 0 radical (unpaired) electrons. The fourth-order valence-corrected chi connectivity index (χ4v) is 2.98. The summed E-state index contributed by atoms with van der Waals surface area (Å²) in [5, 5.41) is 3.22. The van der Waals surface area contributed by atoms with Crippen LogP contribution in [0, 0.1) is 13.8 Å². The average Bonchev–Trinajstić information content (AvgIpc) is 2.42. The Kier molecular flexibility index (Phi) is 3.73. The molecule has 1 nitrogen and oxygen atoms in total. The predicted octanol–water partition coefficient (Wildman–Crippen LogP) is 3.25. The van der Waals surface area contributed by atoms with Gasteiger partial charge in [-0.15, -0.1) is 11.3 Å². The molecule has 1 aromatic heterocycles. The zero-order chi connectivity index (χ0) is 10.8. The molecular formula is C12H21NS. The van der Waals surface area contributed by atoms with E-state index in [1.54, 1.807) is 0 Å². The minimum absolute atomic E-state index is 0.303. The first-order valence-electron chi connectivity index (χ1n) is 5.19. The maximum Gasteiger partial charge on any atom is 0.00544 e. The topological polar surface area (TPSA) is 12.0 Å². The van der Waals surface area contributed by atoms with Gasteiger partial charge in [0.05, 0.1) is 0 Å². The highest BCUT2D eigenvalue weighted by Gasteiger charge is 2.23. The summed E-state index contributed by atoms with van der Waals surface area (Å²) in [6.07, 6.45) is 1.19. The summed E-state index contributed by atoms with van der Waals surface area (Å²) in [7, 11) is 2.02. The van der Waals surface area contributed by atoms with Gasteiger partial charge in [-0.3, -0.25) is 0 Å². The first kappa shape index (κ1) is 11.7. The Labute approximate surface area is 91.5 Å². The van der Waals surface area contributed by atoms with E-state index < -0.39 is 0 Å². The van der Waals surface area contributed by atoms with Crippen LogP contribution in [-0.4, -0.2) is 13.6 Å². The fraction of sp³-hybridized carbons (Fsp3) is 0.667. The number of nitrogens with one attached hydrogen (secondary N) is 1. The van der Waals surface area contributed by atoms with Gasteiger partial charge in [-0.1, -0.05) is 13.8 Å². The Morgan fingerprint density at radius 3 is 2.43 bits per heavy atom. The summed E-state index contributed by atoms with van der Waals surface area (Å²) < 4.78 is 0. The van der Waals surface area contributed by atoms with Crippen molar-refractivity contribution in [2.75, 3.05) is 13.6 Å². The van der Waals surface area contributed by atoms with Gasteiger partial charge >= 0.3 is 0 Å². The molecule has 1 heterocycles. The van der Waals surface area contributed by atoms with Crippen molar-refractivity contribution in [3.63, 3.8) is 0 Å². The van der Waals surface area contributed by atoms with Crippen LogP contribution in [0.25, 0.3) is 0 Å². The molecule has 0 aliphatic rings. The van der Waals surface area contributed by atoms with Crippen LogP contribution in [0.2, 0.25) is 0 Å². The van der Waals surface area contributed by atoms with Crippen LogP contribution in [-0.2, 0) is 5.41 Å². The number of rotatable bonds is 4. The lowest BCUT2D eigenvalue weighted by Crippen LogP contribution is -2.23. The Bertz CT molecular complexity index is 299. The maximum atomic E-state index is 3.22. The minimum atomic E-state index is 0.303. The summed E-state index contributed by atoms with van der Waals surface area (Å²) in [6.45, 7) is 10.2. The van der Waals surface area contributed by atoms with Crippen LogP contribution in [0.1, 0.15) is 35.6 Å². The molecule has 0 bridgehead atoms. The first-order valence-corrected chi connectivity index (χ1v) is 6.01. The Morgan fingerprint density at radius 1 is 1.36 bits per heavy atom. The van der Waals surface area contributed by atoms with E-state index in [2.05, 4.69) is 39.1 Å². The smallest absolute Gasteiger partial charge is 0.00544 e. The van der Waals surface area contributed by atoms with Crippen LogP contribution < -0.4 is 5.32 Å². The van der Waals surface area contributed by atoms with E-state index in [1.807, 2.05) is 18.4 Å². The molecule has 0 aliphatic heterocycles. The molecule has 0 unspecified atom stereocenters. The molecule has 0 aliphatic carbocycles. The van der Waals surface area contributed by atoms with Crippen LogP contribution >= 0.6 is 11.3 Å². The van der Waals surface area contributed by atoms with Gasteiger partial charge in [0.1, 0.15) is 0 Å². The van der Waals surface area contributed by atoms with E-state index in [0.29, 0.717) is 5.41 Å². The molecule has 0 atom stereocenters. The van der Waals surface area contributed by atoms with E-state index in [0.717, 1.165) is 6.54 Å². The Hall–Kier alpha value is -0.340. The van der Waals surface area contributed by atoms with E-state index in [4.69, 9.17) is 0 Å². The van der Waals surface area contributed by atoms with Gasteiger partial charge in [-0.2, -0.15) is 0 Å². The SMILES string of the molecule is CNCCC(C)(C)c1cc(C)sc1C. The van der Waals surface area contributed by atoms with E-state index >= 15 is 0 Å². The second-order valence-electron chi connectivity index (χ2n) is 4.56. The summed E-state index contributed by atoms with van der Waals surface area (Å²) >= 11 is 1.91. The highest BCUT2D eigenvalue weighted by molar-refractivity contribution is 7.12. The monoisotopic (exact) mass is 211 g/mol. The largest absolute Gasteiger partial charge is 0.320 e. The average molecular weight is 211 g/mol. The van der Waals surface area contributed by atoms with Crippen molar-refractivity contribution < 1.29 is 0 Å². The molecule has 80 valence electrons. The maximum absolute atomic E-state index is 3.22. The quantitative estimate of drug-likeness (QED) is 0.806. The number of aryl methyl sites for hydroxylation is 2. The molecule has 0 saturated heterocycles. The van der Waals surface area contributed by atoms with Crippen molar-refractivity contribution in [2.24, 2.45) is 0 Å². The number of hydrogen-bond acceptors (Lipinski definition) is 2. The van der Waals surface area contributed by atoms with Gasteiger partial charge in [0, 0.05) is 9.75 Å². The van der Waals surface area contributed by atoms with E-state index in [1.165, 1.54) is 21.7 Å². The summed E-state index contributed by atoms with van der Waals surface area (Å²) in [5.74, 6) is 0. The molecule has 0 fully saturated rings. The van der Waals surface area contributed by atoms with Gasteiger partial charge < -0.3 is 5.32 Å². The summed E-state index contributed by atoms with van der Waals surface area (Å²) in [5.41, 5.74) is 1.83. The molecule has 0 amide bonds. The van der Waals surface area contributed by atoms with Gasteiger partial charge in [-0.25, -0.2) is 0 Å². The van der Waals surface area contributed by atoms with Crippen molar-refractivity contribution in [1.29, 1.82) is 0 Å². The first-order chi connectivity index (χ1) is 6.47. The predicted molar refractivity (Wildman–Crippen MR) is 65.4 cm³/mol. The van der Waals surface area contributed by atoms with Gasteiger partial charge in [0.25, 0.3) is 0 Å². The van der Waals surface area contributed by atoms with Gasteiger partial charge in [0.15, 0.2) is 0 Å². The Balaban J connectivity index is 2.85. The lowest BCUT2D eigenvalue weighted by atomic mass is 9.81. The van der Waals surface area contributed by atoms with Crippen molar-refractivity contribution in [3.05, 3.63) is 21.4 Å². The molecule has 1 rings (SSSR count). The number of thiophene rings is 1. The second kappa shape index (κ2) is 4.45. The molecule has 0 saturated carbocycles. The molecule has 0 aromatic carbocycles. The highest BCUT2D eigenvalue weighted by atomic mass is 32.1. The standard InChI is InChI=1S/C12H21NS/c1-9-8-11(10(2)14-9)12(3,4)6-7-13-5/h8,13H,6-7H2,1-5H3. The lowest BCUT2D eigenvalue weighted by molar-refractivity contribution is 0.468. The minimum Gasteiger partial charge on any atom is -0.320 e. The third-order valence-corrected chi connectivity index (χ3v) is 3.74. The van der Waals surface area contributed by atoms with Crippen molar-refractivity contribution in [3.8, 4) is 0 Å². The van der Waals surface area contributed by atoms with Crippen LogP contribution in [0.15, 0.2) is 6.07 Å². The van der Waals surface area contributed by atoms with E-state index in [-0.39, 0.29) is 0 Å². The Morgan fingerprint density at radius 2 is 2.00 bits per heavy atom. The highest BCUT2D eigenvalue weighted by Crippen LogP contribution is 2.34. The van der Waals surface area contributed by atoms with Crippen molar-refractivity contribution in [2.45, 2.75) is 39.5 Å². The third-order valence-electron chi connectivity index (χ3n) is 2.77. The molecule has 2 heteroatoms. The third kappa shape index (κ3) is 2.58. The van der Waals surface area contributed by atoms with Crippen molar-refractivity contribution >= 4 is 11.3 Å².